The van der Waals surface area contributed by atoms with Crippen molar-refractivity contribution in [2.75, 3.05) is 36.4 Å². The summed E-state index contributed by atoms with van der Waals surface area (Å²) in [5.41, 5.74) is 3.04. The van der Waals surface area contributed by atoms with Crippen LogP contribution in [0.4, 0.5) is 11.4 Å². The van der Waals surface area contributed by atoms with E-state index in [0.717, 1.165) is 24.3 Å². The predicted octanol–water partition coefficient (Wildman–Crippen LogP) is 7.12. The number of benzene rings is 3. The first-order valence-electron chi connectivity index (χ1n) is 11.6. The molecule has 6 nitrogen and oxygen atoms in total. The summed E-state index contributed by atoms with van der Waals surface area (Å²) in [6.07, 6.45) is 0. The van der Waals surface area contributed by atoms with Crippen LogP contribution in [-0.2, 0) is 0 Å². The second-order valence-electron chi connectivity index (χ2n) is 8.58. The Bertz CT molecular complexity index is 1430. The number of halogens is 3. The van der Waals surface area contributed by atoms with Gasteiger partial charge in [0, 0.05) is 53.7 Å². The Morgan fingerprint density at radius 1 is 0.757 bits per heavy atom. The minimum absolute atomic E-state index is 0.00891. The number of furan rings is 1. The molecule has 2 heterocycles. The lowest BCUT2D eigenvalue weighted by molar-refractivity contribution is 0.0746. The molecular formula is C28H22Cl3N3O3. The molecule has 1 N–H and O–H groups in total. The summed E-state index contributed by atoms with van der Waals surface area (Å²) >= 11 is 18.0. The number of nitrogens with one attached hydrogen (secondary N) is 1. The van der Waals surface area contributed by atoms with Gasteiger partial charge in [0.1, 0.15) is 5.76 Å². The van der Waals surface area contributed by atoms with Crippen molar-refractivity contribution in [3.05, 3.63) is 105 Å². The fourth-order valence-corrected chi connectivity index (χ4v) is 4.58. The number of nitrogens with zero attached hydrogens (tertiary/aromatic N) is 2. The molecule has 0 bridgehead atoms. The molecule has 0 radical (unpaired) electrons. The molecule has 2 amide bonds. The first-order valence-corrected chi connectivity index (χ1v) is 12.8. The number of carbonyl (C=O) groups is 2. The normalized spacial score (nSPS) is 13.5. The molecule has 0 unspecified atom stereocenters. The molecule has 3 aromatic carbocycles. The minimum Gasteiger partial charge on any atom is -0.451 e. The molecule has 1 aliphatic heterocycles. The number of amides is 2. The van der Waals surface area contributed by atoms with Crippen molar-refractivity contribution in [3.63, 3.8) is 0 Å². The lowest BCUT2D eigenvalue weighted by Gasteiger charge is -2.36. The Morgan fingerprint density at radius 2 is 1.46 bits per heavy atom. The van der Waals surface area contributed by atoms with Gasteiger partial charge in [0.05, 0.1) is 10.0 Å². The van der Waals surface area contributed by atoms with E-state index in [1.807, 2.05) is 29.2 Å². The van der Waals surface area contributed by atoms with E-state index in [4.69, 9.17) is 39.2 Å². The highest BCUT2D eigenvalue weighted by Crippen LogP contribution is 2.30. The highest BCUT2D eigenvalue weighted by atomic mass is 35.5. The van der Waals surface area contributed by atoms with Gasteiger partial charge in [-0.1, -0.05) is 34.8 Å². The van der Waals surface area contributed by atoms with Crippen LogP contribution in [0.2, 0.25) is 15.1 Å². The molecule has 0 atom stereocenters. The van der Waals surface area contributed by atoms with E-state index < -0.39 is 0 Å². The molecule has 1 fully saturated rings. The van der Waals surface area contributed by atoms with Gasteiger partial charge in [0.25, 0.3) is 11.8 Å². The lowest BCUT2D eigenvalue weighted by atomic mass is 10.1. The maximum Gasteiger partial charge on any atom is 0.291 e. The van der Waals surface area contributed by atoms with Crippen LogP contribution in [0.5, 0.6) is 0 Å². The van der Waals surface area contributed by atoms with Crippen LogP contribution in [0.15, 0.2) is 83.3 Å². The molecule has 1 aromatic heterocycles. The zero-order chi connectivity index (χ0) is 25.9. The summed E-state index contributed by atoms with van der Waals surface area (Å²) in [7, 11) is 0. The average molecular weight is 555 g/mol. The van der Waals surface area contributed by atoms with E-state index in [-0.39, 0.29) is 17.6 Å². The fraction of sp³-hybridized carbons (Fsp3) is 0.143. The largest absolute Gasteiger partial charge is 0.451 e. The van der Waals surface area contributed by atoms with Gasteiger partial charge < -0.3 is 19.5 Å². The van der Waals surface area contributed by atoms with Gasteiger partial charge in [0.15, 0.2) is 5.76 Å². The number of hydrogen-bond donors (Lipinski definition) is 1. The Balaban J connectivity index is 1.17. The van der Waals surface area contributed by atoms with Crippen LogP contribution in [0, 0.1) is 0 Å². The summed E-state index contributed by atoms with van der Waals surface area (Å²) in [5, 5.41) is 4.33. The van der Waals surface area contributed by atoms with Gasteiger partial charge in [-0.3, -0.25) is 9.59 Å². The van der Waals surface area contributed by atoms with E-state index >= 15 is 0 Å². The third-order valence-electron chi connectivity index (χ3n) is 6.18. The van der Waals surface area contributed by atoms with Crippen LogP contribution in [0.3, 0.4) is 0 Å². The Kier molecular flexibility index (Phi) is 7.42. The van der Waals surface area contributed by atoms with Crippen molar-refractivity contribution in [3.8, 4) is 11.3 Å². The molecule has 1 saturated heterocycles. The van der Waals surface area contributed by atoms with E-state index in [1.165, 1.54) is 0 Å². The van der Waals surface area contributed by atoms with Gasteiger partial charge in [-0.15, -0.1) is 0 Å². The Hall–Kier alpha value is -3.45. The molecule has 4 aromatic rings. The molecule has 188 valence electrons. The molecule has 0 aliphatic carbocycles. The van der Waals surface area contributed by atoms with Crippen molar-refractivity contribution in [2.24, 2.45) is 0 Å². The van der Waals surface area contributed by atoms with E-state index in [9.17, 15) is 9.59 Å². The van der Waals surface area contributed by atoms with E-state index in [2.05, 4.69) is 10.2 Å². The second-order valence-corrected chi connectivity index (χ2v) is 9.83. The number of anilines is 2. The smallest absolute Gasteiger partial charge is 0.291 e. The summed E-state index contributed by atoms with van der Waals surface area (Å²) in [6, 6.07) is 23.0. The number of carbonyl (C=O) groups excluding carboxylic acids is 2. The maximum atomic E-state index is 12.7. The van der Waals surface area contributed by atoms with Crippen LogP contribution in [0.1, 0.15) is 20.9 Å². The lowest BCUT2D eigenvalue weighted by Crippen LogP contribution is -2.48. The number of hydrogen-bond acceptors (Lipinski definition) is 4. The van der Waals surface area contributed by atoms with Crippen LogP contribution >= 0.6 is 34.8 Å². The summed E-state index contributed by atoms with van der Waals surface area (Å²) < 4.78 is 5.72. The zero-order valence-corrected chi connectivity index (χ0v) is 21.9. The maximum absolute atomic E-state index is 12.7. The molecular weight excluding hydrogens is 533 g/mol. The first kappa shape index (κ1) is 25.2. The van der Waals surface area contributed by atoms with Crippen molar-refractivity contribution >= 4 is 58.0 Å². The van der Waals surface area contributed by atoms with Crippen molar-refractivity contribution < 1.29 is 14.0 Å². The topological polar surface area (TPSA) is 65.8 Å². The summed E-state index contributed by atoms with van der Waals surface area (Å²) in [5.74, 6) is 0.363. The molecule has 0 saturated carbocycles. The molecule has 37 heavy (non-hydrogen) atoms. The standard InChI is InChI=1S/C28H22Cl3N3O3/c29-20-4-1-18(2-5-20)28(36)34-15-13-33(14-16-34)22-8-6-21(7-9-22)32-27(35)26-12-11-25(37-26)19-3-10-23(30)24(31)17-19/h1-12,17H,13-16H2,(H,32,35). The highest BCUT2D eigenvalue weighted by Gasteiger charge is 2.22. The highest BCUT2D eigenvalue weighted by molar-refractivity contribution is 6.42. The van der Waals surface area contributed by atoms with Crippen molar-refractivity contribution in [1.29, 1.82) is 0 Å². The monoisotopic (exact) mass is 553 g/mol. The van der Waals surface area contributed by atoms with Crippen molar-refractivity contribution in [2.45, 2.75) is 0 Å². The Morgan fingerprint density at radius 3 is 2.14 bits per heavy atom. The average Bonchev–Trinajstić information content (AvgIpc) is 3.42. The fourth-order valence-electron chi connectivity index (χ4n) is 4.16. The number of piperazine rings is 1. The summed E-state index contributed by atoms with van der Waals surface area (Å²) in [6.45, 7) is 2.68. The molecule has 1 aliphatic rings. The zero-order valence-electron chi connectivity index (χ0n) is 19.6. The molecule has 0 spiro atoms. The molecule has 5 rings (SSSR count). The van der Waals surface area contributed by atoms with Crippen LogP contribution in [-0.4, -0.2) is 42.9 Å². The third-order valence-corrected chi connectivity index (χ3v) is 7.17. The first-order chi connectivity index (χ1) is 17.9. The van der Waals surface area contributed by atoms with Gasteiger partial charge in [-0.25, -0.2) is 0 Å². The van der Waals surface area contributed by atoms with Gasteiger partial charge >= 0.3 is 0 Å². The quantitative estimate of drug-likeness (QED) is 0.285. The SMILES string of the molecule is O=C(Nc1ccc(N2CCN(C(=O)c3ccc(Cl)cc3)CC2)cc1)c1ccc(-c2ccc(Cl)c(Cl)c2)o1. The van der Waals surface area contributed by atoms with Gasteiger partial charge in [-0.05, 0) is 78.9 Å². The third kappa shape index (κ3) is 5.77. The minimum atomic E-state index is -0.353. The predicted molar refractivity (Wildman–Crippen MR) is 148 cm³/mol. The summed E-state index contributed by atoms with van der Waals surface area (Å²) in [4.78, 5) is 29.5. The van der Waals surface area contributed by atoms with Crippen molar-refractivity contribution in [1.82, 2.24) is 4.90 Å². The molecule has 9 heteroatoms. The van der Waals surface area contributed by atoms with Crippen LogP contribution < -0.4 is 10.2 Å². The van der Waals surface area contributed by atoms with Gasteiger partial charge in [-0.2, -0.15) is 0 Å². The van der Waals surface area contributed by atoms with Crippen LogP contribution in [0.25, 0.3) is 11.3 Å². The van der Waals surface area contributed by atoms with Gasteiger partial charge in [0.2, 0.25) is 0 Å². The Labute approximate surface area is 229 Å². The van der Waals surface area contributed by atoms with E-state index in [0.29, 0.717) is 45.2 Å². The second kappa shape index (κ2) is 10.9. The van der Waals surface area contributed by atoms with E-state index in [1.54, 1.807) is 54.6 Å². The number of rotatable bonds is 5.